The summed E-state index contributed by atoms with van der Waals surface area (Å²) in [4.78, 5) is 4.54. The summed E-state index contributed by atoms with van der Waals surface area (Å²) in [6, 6.07) is 6.17. The van der Waals surface area contributed by atoms with Gasteiger partial charge >= 0.3 is 0 Å². The zero-order valence-corrected chi connectivity index (χ0v) is 14.9. The van der Waals surface area contributed by atoms with E-state index in [4.69, 9.17) is 4.74 Å². The van der Waals surface area contributed by atoms with E-state index >= 15 is 0 Å². The lowest BCUT2D eigenvalue weighted by Gasteiger charge is -2.06. The lowest BCUT2D eigenvalue weighted by atomic mass is 10.3. The quantitative estimate of drug-likeness (QED) is 0.595. The minimum absolute atomic E-state index is 0.220. The molecule has 6 nitrogen and oxygen atoms in total. The molecule has 0 atom stereocenters. The van der Waals surface area contributed by atoms with Gasteiger partial charge in [-0.2, -0.15) is 0 Å². The van der Waals surface area contributed by atoms with Gasteiger partial charge in [0, 0.05) is 11.1 Å². The van der Waals surface area contributed by atoms with E-state index in [1.807, 2.05) is 19.2 Å². The van der Waals surface area contributed by atoms with Gasteiger partial charge in [-0.05, 0) is 48.5 Å². The molecule has 0 saturated heterocycles. The number of thioether (sulfide) groups is 1. The van der Waals surface area contributed by atoms with Crippen LogP contribution >= 0.6 is 23.1 Å². The Balaban J connectivity index is 1.53. The number of halogens is 1. The van der Waals surface area contributed by atoms with Crippen molar-refractivity contribution in [3.05, 3.63) is 46.2 Å². The molecule has 1 aromatic carbocycles. The van der Waals surface area contributed by atoms with Crippen LogP contribution in [0.1, 0.15) is 30.6 Å². The molecular weight excluding hydrogens is 349 g/mol. The van der Waals surface area contributed by atoms with Crippen LogP contribution < -0.4 is 4.74 Å². The van der Waals surface area contributed by atoms with E-state index in [0.717, 1.165) is 15.9 Å². The minimum atomic E-state index is -0.278. The van der Waals surface area contributed by atoms with Crippen molar-refractivity contribution < 1.29 is 9.13 Å². The van der Waals surface area contributed by atoms with Gasteiger partial charge in [0.2, 0.25) is 5.16 Å². The summed E-state index contributed by atoms with van der Waals surface area (Å²) < 4.78 is 20.2. The number of hydrogen-bond donors (Lipinski definition) is 0. The highest BCUT2D eigenvalue weighted by Crippen LogP contribution is 2.23. The molecule has 0 bridgehead atoms. The van der Waals surface area contributed by atoms with Gasteiger partial charge in [-0.15, -0.1) is 16.4 Å². The number of thiazole rings is 1. The fourth-order valence-corrected chi connectivity index (χ4v) is 3.61. The molecule has 0 N–H and O–H groups in total. The van der Waals surface area contributed by atoms with Crippen molar-refractivity contribution in [3.63, 3.8) is 0 Å². The summed E-state index contributed by atoms with van der Waals surface area (Å²) >= 11 is 3.09. The SMILES string of the molecule is CC(C)n1nnnc1SCc1csc(COc2ccc(F)cc2)n1. The lowest BCUT2D eigenvalue weighted by molar-refractivity contribution is 0.305. The monoisotopic (exact) mass is 365 g/mol. The second-order valence-corrected chi connectivity index (χ2v) is 7.15. The van der Waals surface area contributed by atoms with E-state index in [2.05, 4.69) is 20.5 Å². The van der Waals surface area contributed by atoms with Gasteiger partial charge in [0.15, 0.2) is 0 Å². The first-order valence-electron chi connectivity index (χ1n) is 7.34. The Labute approximate surface area is 147 Å². The van der Waals surface area contributed by atoms with Gasteiger partial charge in [0.25, 0.3) is 0 Å². The first-order chi connectivity index (χ1) is 11.6. The van der Waals surface area contributed by atoms with Crippen LogP contribution in [0.15, 0.2) is 34.8 Å². The highest BCUT2D eigenvalue weighted by atomic mass is 32.2. The van der Waals surface area contributed by atoms with E-state index in [0.29, 0.717) is 18.1 Å². The number of benzene rings is 1. The minimum Gasteiger partial charge on any atom is -0.486 e. The van der Waals surface area contributed by atoms with Crippen LogP contribution in [0.4, 0.5) is 4.39 Å². The fraction of sp³-hybridized carbons (Fsp3) is 0.333. The topological polar surface area (TPSA) is 65.7 Å². The summed E-state index contributed by atoms with van der Waals surface area (Å²) in [5.41, 5.74) is 0.959. The average Bonchev–Trinajstić information content (AvgIpc) is 3.21. The van der Waals surface area contributed by atoms with Crippen LogP contribution in [0.25, 0.3) is 0 Å². The van der Waals surface area contributed by atoms with E-state index in [1.54, 1.807) is 28.6 Å². The molecule has 2 aromatic heterocycles. The van der Waals surface area contributed by atoms with E-state index in [1.165, 1.54) is 23.5 Å². The molecule has 9 heteroatoms. The third-order valence-corrected chi connectivity index (χ3v) is 4.91. The lowest BCUT2D eigenvalue weighted by Crippen LogP contribution is -2.04. The molecule has 0 fully saturated rings. The summed E-state index contributed by atoms with van der Waals surface area (Å²) in [7, 11) is 0. The van der Waals surface area contributed by atoms with E-state index in [-0.39, 0.29) is 11.9 Å². The Bertz CT molecular complexity index is 787. The molecule has 24 heavy (non-hydrogen) atoms. The van der Waals surface area contributed by atoms with Crippen molar-refractivity contribution in [1.82, 2.24) is 25.2 Å². The first kappa shape index (κ1) is 16.8. The van der Waals surface area contributed by atoms with Crippen LogP contribution in [0.2, 0.25) is 0 Å². The fourth-order valence-electron chi connectivity index (χ4n) is 1.90. The van der Waals surface area contributed by atoms with Crippen LogP contribution in [0.5, 0.6) is 5.75 Å². The maximum absolute atomic E-state index is 12.8. The van der Waals surface area contributed by atoms with Crippen molar-refractivity contribution in [2.75, 3.05) is 0 Å². The standard InChI is InChI=1S/C15H16FN5OS2/c1-10(2)21-15(18-19-20-21)24-9-12-8-23-14(17-12)7-22-13-5-3-11(16)4-6-13/h3-6,8,10H,7,9H2,1-2H3. The zero-order chi connectivity index (χ0) is 16.9. The van der Waals surface area contributed by atoms with Gasteiger partial charge in [-0.3, -0.25) is 0 Å². The highest BCUT2D eigenvalue weighted by Gasteiger charge is 2.11. The molecule has 0 aliphatic rings. The van der Waals surface area contributed by atoms with Crippen molar-refractivity contribution in [3.8, 4) is 5.75 Å². The molecule has 0 amide bonds. The van der Waals surface area contributed by atoms with Gasteiger partial charge in [0.05, 0.1) is 11.7 Å². The normalized spacial score (nSPS) is 11.2. The third kappa shape index (κ3) is 4.30. The van der Waals surface area contributed by atoms with E-state index < -0.39 is 0 Å². The number of ether oxygens (including phenoxy) is 1. The second-order valence-electron chi connectivity index (χ2n) is 5.26. The van der Waals surface area contributed by atoms with Gasteiger partial charge in [-0.1, -0.05) is 11.8 Å². The molecule has 2 heterocycles. The third-order valence-electron chi connectivity index (χ3n) is 3.08. The smallest absolute Gasteiger partial charge is 0.209 e. The van der Waals surface area contributed by atoms with Crippen LogP contribution in [0, 0.1) is 5.82 Å². The Hall–Kier alpha value is -2.00. The van der Waals surface area contributed by atoms with Crippen molar-refractivity contribution in [2.45, 2.75) is 37.4 Å². The van der Waals surface area contributed by atoms with Gasteiger partial charge in [-0.25, -0.2) is 14.1 Å². The summed E-state index contributed by atoms with van der Waals surface area (Å²) in [5.74, 6) is 1.04. The molecule has 0 radical (unpaired) electrons. The molecule has 0 aliphatic heterocycles. The molecule has 3 aromatic rings. The summed E-state index contributed by atoms with van der Waals surface area (Å²) in [5, 5.41) is 15.4. The molecule has 0 spiro atoms. The van der Waals surface area contributed by atoms with E-state index in [9.17, 15) is 4.39 Å². The van der Waals surface area contributed by atoms with Crippen LogP contribution in [0.3, 0.4) is 0 Å². The van der Waals surface area contributed by atoms with Crippen molar-refractivity contribution in [1.29, 1.82) is 0 Å². The Morgan fingerprint density at radius 2 is 2.08 bits per heavy atom. The molecule has 3 rings (SSSR count). The summed E-state index contributed by atoms with van der Waals surface area (Å²) in [6.45, 7) is 4.44. The second kappa shape index (κ2) is 7.71. The highest BCUT2D eigenvalue weighted by molar-refractivity contribution is 7.98. The Morgan fingerprint density at radius 3 is 2.83 bits per heavy atom. The zero-order valence-electron chi connectivity index (χ0n) is 13.2. The molecule has 0 saturated carbocycles. The maximum atomic E-state index is 12.8. The number of aromatic nitrogens is 5. The number of rotatable bonds is 7. The largest absolute Gasteiger partial charge is 0.486 e. The number of hydrogen-bond acceptors (Lipinski definition) is 7. The summed E-state index contributed by atoms with van der Waals surface area (Å²) in [6.07, 6.45) is 0. The predicted molar refractivity (Wildman–Crippen MR) is 90.6 cm³/mol. The molecule has 126 valence electrons. The number of tetrazole rings is 1. The Morgan fingerprint density at radius 1 is 1.29 bits per heavy atom. The van der Waals surface area contributed by atoms with Gasteiger partial charge in [0.1, 0.15) is 23.2 Å². The predicted octanol–water partition coefficient (Wildman–Crippen LogP) is 3.72. The molecule has 0 aliphatic carbocycles. The molecule has 0 unspecified atom stereocenters. The Kier molecular flexibility index (Phi) is 5.41. The van der Waals surface area contributed by atoms with Crippen molar-refractivity contribution >= 4 is 23.1 Å². The van der Waals surface area contributed by atoms with Crippen molar-refractivity contribution in [2.24, 2.45) is 0 Å². The first-order valence-corrected chi connectivity index (χ1v) is 9.20. The average molecular weight is 365 g/mol. The van der Waals surface area contributed by atoms with Crippen LogP contribution in [-0.4, -0.2) is 25.2 Å². The molecular formula is C15H16FN5OS2. The van der Waals surface area contributed by atoms with Crippen LogP contribution in [-0.2, 0) is 12.4 Å². The number of nitrogens with zero attached hydrogens (tertiary/aromatic N) is 5. The van der Waals surface area contributed by atoms with Gasteiger partial charge < -0.3 is 4.74 Å². The maximum Gasteiger partial charge on any atom is 0.209 e.